The molecule has 12 nitrogen and oxygen atoms in total. The highest BCUT2D eigenvalue weighted by Gasteiger charge is 2.10. The van der Waals surface area contributed by atoms with Gasteiger partial charge in [0, 0.05) is 47.8 Å². The highest BCUT2D eigenvalue weighted by atomic mass is 16.6. The number of nitrogens with one attached hydrogen (secondary N) is 2. The molecule has 3 N–H and O–H groups in total. The standard InChI is InChI=1S/C25H18N4O8/c30-23(11-5-16-1-7-21(8-2-16)28(34)35)26-19-13-18(25(32)33)14-20(15-19)27-24(31)12-6-17-3-9-22(10-4-17)29(36)37/h1-15H,(H,26,30)(H,27,31)(H,32,33)/b11-5+,12-6+. The molecule has 0 atom stereocenters. The second-order valence-electron chi connectivity index (χ2n) is 7.45. The van der Waals surface area contributed by atoms with Gasteiger partial charge in [-0.3, -0.25) is 29.8 Å². The van der Waals surface area contributed by atoms with Crippen LogP contribution in [0.2, 0.25) is 0 Å². The predicted molar refractivity (Wildman–Crippen MR) is 135 cm³/mol. The average molecular weight is 502 g/mol. The number of nitro benzene ring substituents is 2. The molecule has 0 aromatic heterocycles. The average Bonchev–Trinajstić information content (AvgIpc) is 2.86. The van der Waals surface area contributed by atoms with Crippen molar-refractivity contribution in [2.45, 2.75) is 0 Å². The van der Waals surface area contributed by atoms with E-state index < -0.39 is 27.6 Å². The Bertz CT molecular complexity index is 1330. The summed E-state index contributed by atoms with van der Waals surface area (Å²) < 4.78 is 0. The van der Waals surface area contributed by atoms with Crippen molar-refractivity contribution in [2.24, 2.45) is 0 Å². The first-order valence-electron chi connectivity index (χ1n) is 10.5. The molecule has 2 amide bonds. The largest absolute Gasteiger partial charge is 0.478 e. The molecule has 0 fully saturated rings. The van der Waals surface area contributed by atoms with Crippen LogP contribution in [0.5, 0.6) is 0 Å². The van der Waals surface area contributed by atoms with Crippen LogP contribution in [0, 0.1) is 20.2 Å². The fourth-order valence-electron chi connectivity index (χ4n) is 3.02. The number of carbonyl (C=O) groups excluding carboxylic acids is 2. The number of benzene rings is 3. The van der Waals surface area contributed by atoms with Crippen LogP contribution in [0.15, 0.2) is 78.9 Å². The highest BCUT2D eigenvalue weighted by Crippen LogP contribution is 2.20. The van der Waals surface area contributed by atoms with Crippen LogP contribution in [0.4, 0.5) is 22.7 Å². The smallest absolute Gasteiger partial charge is 0.335 e. The van der Waals surface area contributed by atoms with Crippen molar-refractivity contribution in [3.63, 3.8) is 0 Å². The molecule has 0 radical (unpaired) electrons. The molecule has 186 valence electrons. The summed E-state index contributed by atoms with van der Waals surface area (Å²) in [6, 6.07) is 14.8. The van der Waals surface area contributed by atoms with Gasteiger partial charge in [0.1, 0.15) is 0 Å². The van der Waals surface area contributed by atoms with Crippen molar-refractivity contribution in [2.75, 3.05) is 10.6 Å². The van der Waals surface area contributed by atoms with Gasteiger partial charge < -0.3 is 15.7 Å². The third kappa shape index (κ3) is 7.68. The van der Waals surface area contributed by atoms with E-state index in [0.717, 1.165) is 0 Å². The summed E-state index contributed by atoms with van der Waals surface area (Å²) in [5.41, 5.74) is 0.904. The number of nitrogens with zero attached hydrogens (tertiary/aromatic N) is 2. The van der Waals surface area contributed by atoms with E-state index in [1.165, 1.54) is 91.0 Å². The first kappa shape index (κ1) is 26.0. The number of carboxylic acid groups (broad SMARTS) is 1. The van der Waals surface area contributed by atoms with E-state index in [1.807, 2.05) is 0 Å². The van der Waals surface area contributed by atoms with E-state index in [-0.39, 0.29) is 28.3 Å². The zero-order valence-electron chi connectivity index (χ0n) is 18.9. The van der Waals surface area contributed by atoms with E-state index >= 15 is 0 Å². The van der Waals surface area contributed by atoms with Crippen LogP contribution in [-0.4, -0.2) is 32.7 Å². The Hall–Kier alpha value is -5.65. The minimum Gasteiger partial charge on any atom is -0.478 e. The van der Waals surface area contributed by atoms with Gasteiger partial charge in [-0.15, -0.1) is 0 Å². The highest BCUT2D eigenvalue weighted by molar-refractivity contribution is 6.05. The summed E-state index contributed by atoms with van der Waals surface area (Å²) in [6.07, 6.45) is 5.18. The molecule has 3 aromatic carbocycles. The summed E-state index contributed by atoms with van der Waals surface area (Å²) in [5, 5.41) is 35.8. The number of aromatic carboxylic acids is 1. The van der Waals surface area contributed by atoms with Crippen molar-refractivity contribution in [1.29, 1.82) is 0 Å². The molecule has 0 heterocycles. The molecule has 12 heteroatoms. The van der Waals surface area contributed by atoms with Crippen LogP contribution in [0.1, 0.15) is 21.5 Å². The molecule has 0 spiro atoms. The lowest BCUT2D eigenvalue weighted by Crippen LogP contribution is -2.12. The molecular formula is C25H18N4O8. The molecule has 3 rings (SSSR count). The quantitative estimate of drug-likeness (QED) is 0.217. The normalized spacial score (nSPS) is 10.8. The third-order valence-corrected chi connectivity index (χ3v) is 4.78. The van der Waals surface area contributed by atoms with Crippen molar-refractivity contribution < 1.29 is 29.3 Å². The summed E-state index contributed by atoms with van der Waals surface area (Å²) in [6.45, 7) is 0. The molecule has 0 aliphatic carbocycles. The van der Waals surface area contributed by atoms with Crippen LogP contribution < -0.4 is 10.6 Å². The Morgan fingerprint density at radius 2 is 1.05 bits per heavy atom. The number of hydrogen-bond acceptors (Lipinski definition) is 7. The zero-order chi connectivity index (χ0) is 26.9. The lowest BCUT2D eigenvalue weighted by atomic mass is 10.1. The van der Waals surface area contributed by atoms with E-state index in [9.17, 15) is 39.7 Å². The van der Waals surface area contributed by atoms with Gasteiger partial charge in [0.15, 0.2) is 0 Å². The number of non-ortho nitro benzene ring substituents is 2. The van der Waals surface area contributed by atoms with Crippen LogP contribution in [0.25, 0.3) is 12.2 Å². The number of nitro groups is 2. The summed E-state index contributed by atoms with van der Waals surface area (Å²) in [7, 11) is 0. The van der Waals surface area contributed by atoms with Gasteiger partial charge in [0.2, 0.25) is 11.8 Å². The second-order valence-corrected chi connectivity index (χ2v) is 7.45. The number of amides is 2. The first-order chi connectivity index (χ1) is 17.6. The molecule has 3 aromatic rings. The number of hydrogen-bond donors (Lipinski definition) is 3. The van der Waals surface area contributed by atoms with Gasteiger partial charge in [0.25, 0.3) is 11.4 Å². The monoisotopic (exact) mass is 502 g/mol. The predicted octanol–water partition coefficient (Wildman–Crippen LogP) is 4.51. The Labute approximate surface area is 208 Å². The number of carboxylic acids is 1. The first-order valence-corrected chi connectivity index (χ1v) is 10.5. The second kappa shape index (κ2) is 11.7. The fraction of sp³-hybridized carbons (Fsp3) is 0. The number of anilines is 2. The number of carbonyl (C=O) groups is 3. The Kier molecular flexibility index (Phi) is 8.18. The summed E-state index contributed by atoms with van der Waals surface area (Å²) >= 11 is 0. The third-order valence-electron chi connectivity index (χ3n) is 4.78. The fourth-order valence-corrected chi connectivity index (χ4v) is 3.02. The maximum absolute atomic E-state index is 12.3. The Morgan fingerprint density at radius 3 is 1.38 bits per heavy atom. The molecular weight excluding hydrogens is 484 g/mol. The van der Waals surface area contributed by atoms with E-state index in [0.29, 0.717) is 11.1 Å². The Balaban J connectivity index is 1.69. The molecule has 0 unspecified atom stereocenters. The topological polar surface area (TPSA) is 182 Å². The maximum atomic E-state index is 12.3. The van der Waals surface area contributed by atoms with Crippen LogP contribution in [-0.2, 0) is 9.59 Å². The minimum atomic E-state index is -1.28. The molecule has 37 heavy (non-hydrogen) atoms. The molecule has 0 aliphatic rings. The van der Waals surface area contributed by atoms with Crippen LogP contribution >= 0.6 is 0 Å². The van der Waals surface area contributed by atoms with Crippen molar-refractivity contribution in [3.05, 3.63) is 116 Å². The summed E-state index contributed by atoms with van der Waals surface area (Å²) in [5.74, 6) is -2.48. The Morgan fingerprint density at radius 1 is 0.676 bits per heavy atom. The van der Waals surface area contributed by atoms with Crippen molar-refractivity contribution >= 4 is 52.7 Å². The van der Waals surface area contributed by atoms with E-state index in [1.54, 1.807) is 0 Å². The van der Waals surface area contributed by atoms with Crippen molar-refractivity contribution in [3.8, 4) is 0 Å². The minimum absolute atomic E-state index is 0.0933. The van der Waals surface area contributed by atoms with Gasteiger partial charge in [-0.25, -0.2) is 4.79 Å². The number of rotatable bonds is 9. The van der Waals surface area contributed by atoms with Gasteiger partial charge in [-0.05, 0) is 65.7 Å². The van der Waals surface area contributed by atoms with Gasteiger partial charge in [0.05, 0.1) is 15.4 Å². The zero-order valence-corrected chi connectivity index (χ0v) is 18.9. The molecule has 0 aliphatic heterocycles. The van der Waals surface area contributed by atoms with Crippen molar-refractivity contribution in [1.82, 2.24) is 0 Å². The van der Waals surface area contributed by atoms with Gasteiger partial charge in [-0.2, -0.15) is 0 Å². The van der Waals surface area contributed by atoms with E-state index in [4.69, 9.17) is 0 Å². The molecule has 0 saturated heterocycles. The lowest BCUT2D eigenvalue weighted by molar-refractivity contribution is -0.385. The SMILES string of the molecule is O=C(/C=C/c1ccc([N+](=O)[O-])cc1)Nc1cc(NC(=O)/C=C/c2ccc([N+](=O)[O-])cc2)cc(C(=O)O)c1. The maximum Gasteiger partial charge on any atom is 0.335 e. The van der Waals surface area contributed by atoms with Gasteiger partial charge in [-0.1, -0.05) is 0 Å². The molecule has 0 bridgehead atoms. The molecule has 0 saturated carbocycles. The lowest BCUT2D eigenvalue weighted by Gasteiger charge is -2.09. The van der Waals surface area contributed by atoms with Gasteiger partial charge >= 0.3 is 5.97 Å². The van der Waals surface area contributed by atoms with Crippen LogP contribution in [0.3, 0.4) is 0 Å². The summed E-state index contributed by atoms with van der Waals surface area (Å²) in [4.78, 5) is 56.5. The van der Waals surface area contributed by atoms with E-state index in [2.05, 4.69) is 10.6 Å².